The molecule has 5 heteroatoms. The number of carbonyl (C=O) groups excluding carboxylic acids is 2. The number of nitriles is 1. The number of hydrogen-bond acceptors (Lipinski definition) is 3. The summed E-state index contributed by atoms with van der Waals surface area (Å²) in [5, 5.41) is 12.3. The number of benzene rings is 1. The number of ketones is 1. The highest BCUT2D eigenvalue weighted by Gasteiger charge is 2.47. The molecule has 3 atom stereocenters. The van der Waals surface area contributed by atoms with Gasteiger partial charge in [0.1, 0.15) is 0 Å². The summed E-state index contributed by atoms with van der Waals surface area (Å²) in [6, 6.07) is 9.09. The van der Waals surface area contributed by atoms with E-state index in [0.29, 0.717) is 11.4 Å². The van der Waals surface area contributed by atoms with Gasteiger partial charge in [-0.1, -0.05) is 23.7 Å². The van der Waals surface area contributed by atoms with Crippen molar-refractivity contribution < 1.29 is 9.59 Å². The highest BCUT2D eigenvalue weighted by molar-refractivity contribution is 6.30. The van der Waals surface area contributed by atoms with Crippen LogP contribution in [0.5, 0.6) is 0 Å². The predicted molar refractivity (Wildman–Crippen MR) is 79.7 cm³/mol. The first-order chi connectivity index (χ1) is 9.93. The van der Waals surface area contributed by atoms with Gasteiger partial charge in [-0.2, -0.15) is 5.26 Å². The lowest BCUT2D eigenvalue weighted by Gasteiger charge is -2.12. The minimum absolute atomic E-state index is 0.0684. The molecule has 110 valence electrons. The molecule has 1 aromatic rings. The van der Waals surface area contributed by atoms with Gasteiger partial charge in [0.05, 0.1) is 6.07 Å². The van der Waals surface area contributed by atoms with Gasteiger partial charge in [0.25, 0.3) is 0 Å². The molecule has 1 fully saturated rings. The highest BCUT2D eigenvalue weighted by Crippen LogP contribution is 2.49. The Morgan fingerprint density at radius 2 is 2.14 bits per heavy atom. The largest absolute Gasteiger partial charge is 0.352 e. The van der Waals surface area contributed by atoms with Crippen LogP contribution in [0, 0.1) is 23.2 Å². The van der Waals surface area contributed by atoms with Crippen molar-refractivity contribution in [2.75, 3.05) is 0 Å². The molecule has 2 rings (SSSR count). The third-order valence-corrected chi connectivity index (χ3v) is 3.77. The van der Waals surface area contributed by atoms with Gasteiger partial charge in [-0.3, -0.25) is 9.59 Å². The van der Waals surface area contributed by atoms with Crippen LogP contribution in [0.15, 0.2) is 24.3 Å². The van der Waals surface area contributed by atoms with Crippen LogP contribution in [0.2, 0.25) is 5.02 Å². The van der Waals surface area contributed by atoms with Crippen molar-refractivity contribution in [3.63, 3.8) is 0 Å². The summed E-state index contributed by atoms with van der Waals surface area (Å²) in [6.45, 7) is 3.59. The van der Waals surface area contributed by atoms with E-state index in [4.69, 9.17) is 16.9 Å². The molecule has 0 heterocycles. The Labute approximate surface area is 129 Å². The molecule has 0 bridgehead atoms. The number of halogens is 1. The van der Waals surface area contributed by atoms with E-state index in [0.717, 1.165) is 5.56 Å². The minimum Gasteiger partial charge on any atom is -0.352 e. The van der Waals surface area contributed by atoms with Crippen LogP contribution in [-0.2, 0) is 9.59 Å². The first kappa shape index (κ1) is 15.5. The van der Waals surface area contributed by atoms with Crippen molar-refractivity contribution in [3.8, 4) is 6.07 Å². The van der Waals surface area contributed by atoms with Gasteiger partial charge in [-0.15, -0.1) is 0 Å². The van der Waals surface area contributed by atoms with Crippen molar-refractivity contribution in [1.82, 2.24) is 5.32 Å². The summed E-state index contributed by atoms with van der Waals surface area (Å²) in [7, 11) is 0. The number of hydrogen-bond donors (Lipinski definition) is 1. The quantitative estimate of drug-likeness (QED) is 0.850. The van der Waals surface area contributed by atoms with Crippen LogP contribution in [-0.4, -0.2) is 17.7 Å². The number of nitrogens with zero attached hydrogens (tertiary/aromatic N) is 1. The molecule has 0 radical (unpaired) electrons. The Hall–Kier alpha value is -1.86. The van der Waals surface area contributed by atoms with Crippen LogP contribution < -0.4 is 5.32 Å². The fourth-order valence-electron chi connectivity index (χ4n) is 2.45. The normalized spacial score (nSPS) is 21.5. The zero-order valence-corrected chi connectivity index (χ0v) is 12.7. The molecule has 4 nitrogen and oxygen atoms in total. The lowest BCUT2D eigenvalue weighted by Crippen LogP contribution is -2.39. The SMILES string of the molecule is CC(C)NC(=O)[C@H](C#N)C(=O)[C@H]1C[C@H]1c1cccc(Cl)c1. The van der Waals surface area contributed by atoms with E-state index < -0.39 is 11.8 Å². The van der Waals surface area contributed by atoms with Gasteiger partial charge >= 0.3 is 0 Å². The van der Waals surface area contributed by atoms with E-state index in [2.05, 4.69) is 5.32 Å². The number of amides is 1. The van der Waals surface area contributed by atoms with Crippen LogP contribution >= 0.6 is 11.6 Å². The summed E-state index contributed by atoms with van der Waals surface area (Å²) < 4.78 is 0. The van der Waals surface area contributed by atoms with Crippen LogP contribution in [0.25, 0.3) is 0 Å². The van der Waals surface area contributed by atoms with Crippen molar-refractivity contribution in [2.45, 2.75) is 32.2 Å². The van der Waals surface area contributed by atoms with Crippen LogP contribution in [0.3, 0.4) is 0 Å². The average Bonchev–Trinajstić information content (AvgIpc) is 3.18. The summed E-state index contributed by atoms with van der Waals surface area (Å²) in [6.07, 6.45) is 0.673. The molecule has 0 unspecified atom stereocenters. The average molecular weight is 305 g/mol. The highest BCUT2D eigenvalue weighted by atomic mass is 35.5. The molecule has 1 N–H and O–H groups in total. The van der Waals surface area contributed by atoms with E-state index >= 15 is 0 Å². The lowest BCUT2D eigenvalue weighted by atomic mass is 9.98. The molecule has 21 heavy (non-hydrogen) atoms. The van der Waals surface area contributed by atoms with Gasteiger partial charge in [-0.25, -0.2) is 0 Å². The molecule has 0 saturated heterocycles. The molecular formula is C16H17ClN2O2. The summed E-state index contributed by atoms with van der Waals surface area (Å²) in [5.74, 6) is -2.21. The first-order valence-electron chi connectivity index (χ1n) is 6.93. The molecule has 0 spiro atoms. The van der Waals surface area contributed by atoms with E-state index in [1.807, 2.05) is 24.3 Å². The van der Waals surface area contributed by atoms with Gasteiger partial charge in [0.15, 0.2) is 11.7 Å². The first-order valence-corrected chi connectivity index (χ1v) is 7.31. The maximum absolute atomic E-state index is 12.3. The van der Waals surface area contributed by atoms with Gasteiger partial charge in [0.2, 0.25) is 5.91 Å². The number of Topliss-reactive ketones (excluding diaryl/α,β-unsaturated/α-hetero) is 1. The molecule has 0 aromatic heterocycles. The van der Waals surface area contributed by atoms with Gasteiger partial charge in [0, 0.05) is 17.0 Å². The second-order valence-corrected chi connectivity index (χ2v) is 6.07. The standard InChI is InChI=1S/C16H17ClN2O2/c1-9(2)19-16(21)14(8-18)15(20)13-7-12(13)10-4-3-5-11(17)6-10/h3-6,9,12-14H,7H2,1-2H3,(H,19,21)/t12-,13-,14+/m0/s1. The van der Waals surface area contributed by atoms with Crippen molar-refractivity contribution in [2.24, 2.45) is 11.8 Å². The maximum atomic E-state index is 12.3. The maximum Gasteiger partial charge on any atom is 0.245 e. The molecule has 0 aliphatic heterocycles. The van der Waals surface area contributed by atoms with Crippen LogP contribution in [0.1, 0.15) is 31.7 Å². The number of carbonyl (C=O) groups is 2. The molecule has 1 aromatic carbocycles. The summed E-state index contributed by atoms with van der Waals surface area (Å²) >= 11 is 5.94. The molecular weight excluding hydrogens is 288 g/mol. The smallest absolute Gasteiger partial charge is 0.245 e. The third kappa shape index (κ3) is 3.62. The second-order valence-electron chi connectivity index (χ2n) is 5.63. The molecule has 1 aliphatic carbocycles. The fraction of sp³-hybridized carbons (Fsp3) is 0.438. The van der Waals surface area contributed by atoms with E-state index in [1.54, 1.807) is 19.9 Å². The molecule has 1 saturated carbocycles. The molecule has 1 aliphatic rings. The van der Waals surface area contributed by atoms with E-state index in [-0.39, 0.29) is 23.7 Å². The Kier molecular flexibility index (Phi) is 4.64. The zero-order chi connectivity index (χ0) is 15.6. The Morgan fingerprint density at radius 3 is 2.71 bits per heavy atom. The second kappa shape index (κ2) is 6.28. The van der Waals surface area contributed by atoms with Crippen molar-refractivity contribution in [3.05, 3.63) is 34.9 Å². The lowest BCUT2D eigenvalue weighted by molar-refractivity contribution is -0.132. The summed E-state index contributed by atoms with van der Waals surface area (Å²) in [4.78, 5) is 24.2. The van der Waals surface area contributed by atoms with E-state index in [9.17, 15) is 9.59 Å². The van der Waals surface area contributed by atoms with Crippen molar-refractivity contribution >= 4 is 23.3 Å². The minimum atomic E-state index is -1.22. The fourth-order valence-corrected chi connectivity index (χ4v) is 2.65. The van der Waals surface area contributed by atoms with E-state index in [1.165, 1.54) is 0 Å². The Bertz CT molecular complexity index is 607. The Balaban J connectivity index is 2.05. The third-order valence-electron chi connectivity index (χ3n) is 3.54. The summed E-state index contributed by atoms with van der Waals surface area (Å²) in [5.41, 5.74) is 0.988. The molecule has 1 amide bonds. The number of nitrogens with one attached hydrogen (secondary N) is 1. The topological polar surface area (TPSA) is 70.0 Å². The number of rotatable bonds is 5. The predicted octanol–water partition coefficient (Wildman–Crippen LogP) is 2.68. The van der Waals surface area contributed by atoms with Crippen molar-refractivity contribution in [1.29, 1.82) is 5.26 Å². The van der Waals surface area contributed by atoms with Crippen LogP contribution in [0.4, 0.5) is 0 Å². The van der Waals surface area contributed by atoms with Gasteiger partial charge in [-0.05, 0) is 43.9 Å². The van der Waals surface area contributed by atoms with Gasteiger partial charge < -0.3 is 5.32 Å². The monoisotopic (exact) mass is 304 g/mol. The Morgan fingerprint density at radius 1 is 1.43 bits per heavy atom. The zero-order valence-electron chi connectivity index (χ0n) is 12.0.